The molecule has 2 aliphatic heterocycles. The highest BCUT2D eigenvalue weighted by Crippen LogP contribution is 2.52. The maximum Gasteiger partial charge on any atom is 0.373 e. The molecular weight excluding hydrogens is 450 g/mol. The lowest BCUT2D eigenvalue weighted by molar-refractivity contribution is -0.154. The van der Waals surface area contributed by atoms with Gasteiger partial charge in [0.1, 0.15) is 0 Å². The fraction of sp³-hybridized carbons (Fsp3) is 0.222. The molecule has 0 N–H and O–H groups in total. The number of carbonyl (C=O) groups excluding carboxylic acids is 1. The molecule has 0 radical (unpaired) electrons. The molecule has 174 valence electrons. The molecule has 0 amide bonds. The standard InChI is InChI=1S/C27H25NO5S/c1-19-12-14-23(15-13-19)34(30,31)28-18-21-10-6-7-11-24(21)27(28)17-22(20-8-4-3-5-9-20)16-25(33-27)26(29)32-2/h3-16,22H,17-18H2,1-2H3/t22-,27-/m0/s1. The van der Waals surface area contributed by atoms with Crippen molar-refractivity contribution in [2.45, 2.75) is 36.4 Å². The molecule has 1 spiro atoms. The predicted octanol–water partition coefficient (Wildman–Crippen LogP) is 4.61. The van der Waals surface area contributed by atoms with E-state index in [1.165, 1.54) is 11.4 Å². The summed E-state index contributed by atoms with van der Waals surface area (Å²) in [5, 5.41) is 0. The van der Waals surface area contributed by atoms with Crippen molar-refractivity contribution in [2.75, 3.05) is 7.11 Å². The summed E-state index contributed by atoms with van der Waals surface area (Å²) >= 11 is 0. The molecule has 0 aromatic heterocycles. The van der Waals surface area contributed by atoms with Gasteiger partial charge in [-0.15, -0.1) is 4.31 Å². The third kappa shape index (κ3) is 3.61. The van der Waals surface area contributed by atoms with Gasteiger partial charge in [0.15, 0.2) is 0 Å². The molecule has 0 aliphatic carbocycles. The lowest BCUT2D eigenvalue weighted by Crippen LogP contribution is -2.49. The number of allylic oxidation sites excluding steroid dienone is 1. The lowest BCUT2D eigenvalue weighted by atomic mass is 9.84. The summed E-state index contributed by atoms with van der Waals surface area (Å²) in [6, 6.07) is 24.0. The van der Waals surface area contributed by atoms with Crippen LogP contribution in [0.5, 0.6) is 0 Å². The van der Waals surface area contributed by atoms with Gasteiger partial charge in [0.2, 0.25) is 21.5 Å². The summed E-state index contributed by atoms with van der Waals surface area (Å²) in [6.07, 6.45) is 2.05. The third-order valence-corrected chi connectivity index (χ3v) is 8.38. The molecule has 3 aromatic rings. The molecular formula is C27H25NO5S. The van der Waals surface area contributed by atoms with E-state index >= 15 is 0 Å². The van der Waals surface area contributed by atoms with Crippen LogP contribution in [0.3, 0.4) is 0 Å². The molecule has 0 unspecified atom stereocenters. The fourth-order valence-corrected chi connectivity index (χ4v) is 6.45. The maximum absolute atomic E-state index is 14.0. The van der Waals surface area contributed by atoms with Crippen LogP contribution in [0.2, 0.25) is 0 Å². The van der Waals surface area contributed by atoms with Gasteiger partial charge in [0.25, 0.3) is 0 Å². The van der Waals surface area contributed by atoms with Crippen LogP contribution in [-0.2, 0) is 36.6 Å². The average Bonchev–Trinajstić information content (AvgIpc) is 3.18. The van der Waals surface area contributed by atoms with E-state index in [0.29, 0.717) is 6.42 Å². The Balaban J connectivity index is 1.70. The molecule has 7 heteroatoms. The van der Waals surface area contributed by atoms with Gasteiger partial charge >= 0.3 is 5.97 Å². The van der Waals surface area contributed by atoms with Crippen molar-refractivity contribution in [3.05, 3.63) is 113 Å². The van der Waals surface area contributed by atoms with Crippen LogP contribution in [0.4, 0.5) is 0 Å². The van der Waals surface area contributed by atoms with Crippen LogP contribution >= 0.6 is 0 Å². The second-order valence-electron chi connectivity index (χ2n) is 8.61. The molecule has 0 saturated carbocycles. The minimum atomic E-state index is -3.96. The van der Waals surface area contributed by atoms with Crippen molar-refractivity contribution in [2.24, 2.45) is 0 Å². The highest BCUT2D eigenvalue weighted by molar-refractivity contribution is 7.89. The predicted molar refractivity (Wildman–Crippen MR) is 127 cm³/mol. The number of sulfonamides is 1. The Morgan fingerprint density at radius 2 is 1.68 bits per heavy atom. The Hall–Kier alpha value is -3.42. The zero-order valence-corrected chi connectivity index (χ0v) is 19.8. The number of ether oxygens (including phenoxy) is 2. The Morgan fingerprint density at radius 1 is 1.00 bits per heavy atom. The number of esters is 1. The molecule has 2 atom stereocenters. The Bertz CT molecular complexity index is 1370. The number of carbonyl (C=O) groups is 1. The Labute approximate surface area is 199 Å². The van der Waals surface area contributed by atoms with Gasteiger partial charge in [0.05, 0.1) is 12.0 Å². The van der Waals surface area contributed by atoms with Gasteiger partial charge < -0.3 is 9.47 Å². The van der Waals surface area contributed by atoms with E-state index in [4.69, 9.17) is 9.47 Å². The second kappa shape index (κ2) is 8.42. The van der Waals surface area contributed by atoms with Crippen LogP contribution < -0.4 is 0 Å². The number of methoxy groups -OCH3 is 1. The molecule has 2 heterocycles. The topological polar surface area (TPSA) is 72.9 Å². The van der Waals surface area contributed by atoms with E-state index in [1.54, 1.807) is 30.3 Å². The fourth-order valence-electron chi connectivity index (χ4n) is 4.81. The van der Waals surface area contributed by atoms with Gasteiger partial charge in [0, 0.05) is 24.4 Å². The van der Waals surface area contributed by atoms with Crippen LogP contribution in [-0.4, -0.2) is 25.8 Å². The maximum atomic E-state index is 14.0. The highest BCUT2D eigenvalue weighted by atomic mass is 32.2. The van der Waals surface area contributed by atoms with E-state index in [0.717, 1.165) is 22.3 Å². The zero-order chi connectivity index (χ0) is 23.9. The summed E-state index contributed by atoms with van der Waals surface area (Å²) in [4.78, 5) is 12.9. The van der Waals surface area contributed by atoms with Crippen LogP contribution in [0.15, 0.2) is 95.6 Å². The first-order valence-corrected chi connectivity index (χ1v) is 12.5. The normalized spacial score (nSPS) is 22.1. The summed E-state index contributed by atoms with van der Waals surface area (Å²) in [5.74, 6) is -0.897. The van der Waals surface area contributed by atoms with Crippen molar-refractivity contribution in [3.63, 3.8) is 0 Å². The SMILES string of the molecule is COC(=O)C1=C[C@H](c2ccccc2)C[C@]2(O1)c1ccccc1CN2S(=O)(=O)c1ccc(C)cc1. The number of hydrogen-bond acceptors (Lipinski definition) is 5. The van der Waals surface area contributed by atoms with E-state index in [-0.39, 0.29) is 23.1 Å². The van der Waals surface area contributed by atoms with Gasteiger partial charge in [-0.1, -0.05) is 72.3 Å². The first-order valence-electron chi connectivity index (χ1n) is 11.1. The smallest absolute Gasteiger partial charge is 0.373 e. The zero-order valence-electron chi connectivity index (χ0n) is 19.0. The number of aryl methyl sites for hydroxylation is 1. The third-order valence-electron chi connectivity index (χ3n) is 6.51. The van der Waals surface area contributed by atoms with Gasteiger partial charge in [-0.25, -0.2) is 13.2 Å². The summed E-state index contributed by atoms with van der Waals surface area (Å²) < 4.78 is 40.7. The number of rotatable bonds is 4. The van der Waals surface area contributed by atoms with Gasteiger partial charge in [-0.2, -0.15) is 0 Å². The number of hydrogen-bond donors (Lipinski definition) is 0. The number of fused-ring (bicyclic) bond motifs is 2. The van der Waals surface area contributed by atoms with Crippen molar-refractivity contribution < 1.29 is 22.7 Å². The molecule has 5 rings (SSSR count). The van der Waals surface area contributed by atoms with Gasteiger partial charge in [-0.05, 0) is 36.3 Å². The summed E-state index contributed by atoms with van der Waals surface area (Å²) in [5.41, 5.74) is 2.12. The first-order chi connectivity index (χ1) is 16.3. The first kappa shape index (κ1) is 22.4. The number of benzene rings is 3. The summed E-state index contributed by atoms with van der Waals surface area (Å²) in [7, 11) is -2.68. The minimum Gasteiger partial charge on any atom is -0.463 e. The molecule has 3 aromatic carbocycles. The van der Waals surface area contributed by atoms with E-state index in [9.17, 15) is 13.2 Å². The molecule has 0 fully saturated rings. The Morgan fingerprint density at radius 3 is 2.38 bits per heavy atom. The molecule has 34 heavy (non-hydrogen) atoms. The van der Waals surface area contributed by atoms with Crippen molar-refractivity contribution in [3.8, 4) is 0 Å². The average molecular weight is 476 g/mol. The molecule has 0 saturated heterocycles. The molecule has 0 bridgehead atoms. The van der Waals surface area contributed by atoms with E-state index in [2.05, 4.69) is 0 Å². The molecule has 6 nitrogen and oxygen atoms in total. The second-order valence-corrected chi connectivity index (χ2v) is 10.5. The largest absolute Gasteiger partial charge is 0.463 e. The summed E-state index contributed by atoms with van der Waals surface area (Å²) in [6.45, 7) is 2.05. The van der Waals surface area contributed by atoms with E-state index < -0.39 is 21.7 Å². The quantitative estimate of drug-likeness (QED) is 0.515. The van der Waals surface area contributed by atoms with Crippen molar-refractivity contribution in [1.29, 1.82) is 0 Å². The highest BCUT2D eigenvalue weighted by Gasteiger charge is 2.56. The van der Waals surface area contributed by atoms with Crippen LogP contribution in [0.25, 0.3) is 0 Å². The minimum absolute atomic E-state index is 0.00316. The van der Waals surface area contributed by atoms with Crippen LogP contribution in [0, 0.1) is 6.92 Å². The monoisotopic (exact) mass is 475 g/mol. The van der Waals surface area contributed by atoms with Crippen molar-refractivity contribution >= 4 is 16.0 Å². The van der Waals surface area contributed by atoms with Crippen molar-refractivity contribution in [1.82, 2.24) is 4.31 Å². The molecule has 2 aliphatic rings. The number of nitrogens with zero attached hydrogens (tertiary/aromatic N) is 1. The van der Waals surface area contributed by atoms with E-state index in [1.807, 2.05) is 61.5 Å². The lowest BCUT2D eigenvalue weighted by Gasteiger charge is -2.43. The Kier molecular flexibility index (Phi) is 5.54. The van der Waals surface area contributed by atoms with Gasteiger partial charge in [-0.3, -0.25) is 0 Å². The van der Waals surface area contributed by atoms with Crippen LogP contribution in [0.1, 0.15) is 34.6 Å².